The smallest absolute Gasteiger partial charge is 0.254 e. The summed E-state index contributed by atoms with van der Waals surface area (Å²) >= 11 is 0. The number of pyridine rings is 3. The lowest BCUT2D eigenvalue weighted by Gasteiger charge is -2.24. The number of rotatable bonds is 3. The third-order valence-corrected chi connectivity index (χ3v) is 7.83. The molecule has 6 heterocycles. The molecule has 1 aromatic carbocycles. The molecule has 0 unspecified atom stereocenters. The van der Waals surface area contributed by atoms with Crippen LogP contribution in [0.25, 0.3) is 44.3 Å². The van der Waals surface area contributed by atoms with Gasteiger partial charge in [0.05, 0.1) is 23.6 Å². The van der Waals surface area contributed by atoms with Crippen molar-refractivity contribution in [2.75, 3.05) is 26.7 Å². The van der Waals surface area contributed by atoms with Crippen LogP contribution in [0.4, 0.5) is 4.39 Å². The molecule has 0 bridgehead atoms. The van der Waals surface area contributed by atoms with Crippen LogP contribution in [0.15, 0.2) is 67.3 Å². The highest BCUT2D eigenvalue weighted by molar-refractivity contribution is 6.13. The second-order valence-corrected chi connectivity index (χ2v) is 10.1. The van der Waals surface area contributed by atoms with Crippen LogP contribution < -0.4 is 0 Å². The van der Waals surface area contributed by atoms with E-state index >= 15 is 4.39 Å². The average molecular weight is 493 g/mol. The second kappa shape index (κ2) is 8.45. The fourth-order valence-corrected chi connectivity index (χ4v) is 6.06. The molecule has 0 aliphatic carbocycles. The summed E-state index contributed by atoms with van der Waals surface area (Å²) < 4.78 is 15.3. The third kappa shape index (κ3) is 3.59. The summed E-state index contributed by atoms with van der Waals surface area (Å²) in [7, 11) is 2.11. The summed E-state index contributed by atoms with van der Waals surface area (Å²) in [5.41, 5.74) is 4.78. The molecular formula is C29H25FN6O. The molecule has 4 aromatic heterocycles. The van der Waals surface area contributed by atoms with Crippen molar-refractivity contribution in [2.45, 2.75) is 12.5 Å². The number of amides is 1. The average Bonchev–Trinajstić information content (AvgIpc) is 3.60. The maximum atomic E-state index is 15.3. The number of aromatic amines is 1. The van der Waals surface area contributed by atoms with Crippen LogP contribution in [0.1, 0.15) is 16.8 Å². The maximum absolute atomic E-state index is 15.3. The first kappa shape index (κ1) is 22.1. The van der Waals surface area contributed by atoms with Crippen molar-refractivity contribution in [1.29, 1.82) is 0 Å². The Labute approximate surface area is 213 Å². The number of likely N-dealkylation sites (tertiary alicyclic amines) is 2. The summed E-state index contributed by atoms with van der Waals surface area (Å²) in [5, 5.41) is 1.53. The molecule has 0 radical (unpaired) electrons. The van der Waals surface area contributed by atoms with Gasteiger partial charge >= 0.3 is 0 Å². The normalized spacial score (nSPS) is 19.7. The van der Waals surface area contributed by atoms with Crippen molar-refractivity contribution in [3.8, 4) is 22.4 Å². The lowest BCUT2D eigenvalue weighted by molar-refractivity contribution is 0.0729. The number of hydrogen-bond donors (Lipinski definition) is 1. The van der Waals surface area contributed by atoms with E-state index in [0.29, 0.717) is 33.6 Å². The summed E-state index contributed by atoms with van der Waals surface area (Å²) in [6.07, 6.45) is 7.50. The largest absolute Gasteiger partial charge is 0.338 e. The van der Waals surface area contributed by atoms with E-state index < -0.39 is 5.82 Å². The highest BCUT2D eigenvalue weighted by Gasteiger charge is 2.42. The van der Waals surface area contributed by atoms with Crippen LogP contribution in [0, 0.1) is 11.7 Å². The molecule has 184 valence electrons. The lowest BCUT2D eigenvalue weighted by Crippen LogP contribution is -2.39. The minimum absolute atomic E-state index is 0.0500. The zero-order valence-corrected chi connectivity index (χ0v) is 20.4. The first-order chi connectivity index (χ1) is 18.1. The van der Waals surface area contributed by atoms with Crippen molar-refractivity contribution in [2.24, 2.45) is 5.92 Å². The topological polar surface area (TPSA) is 78.0 Å². The second-order valence-electron chi connectivity index (χ2n) is 10.1. The van der Waals surface area contributed by atoms with Gasteiger partial charge in [-0.1, -0.05) is 12.1 Å². The summed E-state index contributed by atoms with van der Waals surface area (Å²) in [6, 6.07) is 13.3. The van der Waals surface area contributed by atoms with Gasteiger partial charge in [0.1, 0.15) is 11.5 Å². The molecule has 37 heavy (non-hydrogen) atoms. The first-order valence-corrected chi connectivity index (χ1v) is 12.5. The minimum atomic E-state index is -0.413. The standard InChI is InChI=1S/C29H25FN6O/c1-35-15-20-8-10-36(25(20)16-35)29(37)18-6-4-17(5-7-18)26-22(30)13-33-28-27(26)21-11-23(32-14-24(21)34-28)19-3-2-9-31-12-19/h2-7,9,11-14,20,25H,8,10,15-16H2,1H3,(H,33,34)/t20-,25+/m0/s1. The molecule has 8 heteroatoms. The van der Waals surface area contributed by atoms with Crippen LogP contribution >= 0.6 is 0 Å². The quantitative estimate of drug-likeness (QED) is 0.393. The van der Waals surface area contributed by atoms with Crippen LogP contribution in [-0.4, -0.2) is 68.4 Å². The van der Waals surface area contributed by atoms with Gasteiger partial charge in [-0.15, -0.1) is 0 Å². The first-order valence-electron chi connectivity index (χ1n) is 12.5. The molecule has 7 rings (SSSR count). The number of nitrogens with zero attached hydrogens (tertiary/aromatic N) is 5. The van der Waals surface area contributed by atoms with Crippen LogP contribution in [-0.2, 0) is 0 Å². The van der Waals surface area contributed by atoms with Crippen molar-refractivity contribution in [1.82, 2.24) is 29.7 Å². The molecule has 2 atom stereocenters. The fraction of sp³-hybridized carbons (Fsp3) is 0.241. The third-order valence-electron chi connectivity index (χ3n) is 7.83. The van der Waals surface area contributed by atoms with Gasteiger partial charge < -0.3 is 14.8 Å². The molecule has 5 aromatic rings. The molecular weight excluding hydrogens is 467 g/mol. The number of benzene rings is 1. The van der Waals surface area contributed by atoms with E-state index in [4.69, 9.17) is 0 Å². The zero-order valence-electron chi connectivity index (χ0n) is 20.4. The van der Waals surface area contributed by atoms with Crippen molar-refractivity contribution >= 4 is 27.8 Å². The Balaban J connectivity index is 1.29. The van der Waals surface area contributed by atoms with Crippen molar-refractivity contribution in [3.63, 3.8) is 0 Å². The Hall–Kier alpha value is -4.17. The van der Waals surface area contributed by atoms with Gasteiger partial charge in [0.2, 0.25) is 0 Å². The van der Waals surface area contributed by atoms with Crippen LogP contribution in [0.5, 0.6) is 0 Å². The number of H-pyrrole nitrogens is 1. The van der Waals surface area contributed by atoms with Gasteiger partial charge in [-0.3, -0.25) is 14.8 Å². The Morgan fingerprint density at radius 1 is 1.05 bits per heavy atom. The fourth-order valence-electron chi connectivity index (χ4n) is 6.06. The van der Waals surface area contributed by atoms with E-state index in [1.807, 2.05) is 47.4 Å². The van der Waals surface area contributed by atoms with Crippen LogP contribution in [0.3, 0.4) is 0 Å². The number of halogens is 1. The van der Waals surface area contributed by atoms with E-state index in [2.05, 4.69) is 31.9 Å². The van der Waals surface area contributed by atoms with Crippen molar-refractivity contribution in [3.05, 3.63) is 78.6 Å². The Bertz CT molecular complexity index is 1650. The Kier molecular flexibility index (Phi) is 5.04. The van der Waals surface area contributed by atoms with Gasteiger partial charge in [-0.25, -0.2) is 9.37 Å². The maximum Gasteiger partial charge on any atom is 0.254 e. The Morgan fingerprint density at radius 2 is 1.92 bits per heavy atom. The number of nitrogens with one attached hydrogen (secondary N) is 1. The summed E-state index contributed by atoms with van der Waals surface area (Å²) in [6.45, 7) is 2.77. The van der Waals surface area contributed by atoms with Crippen molar-refractivity contribution < 1.29 is 9.18 Å². The monoisotopic (exact) mass is 492 g/mol. The van der Waals surface area contributed by atoms with E-state index in [9.17, 15) is 4.79 Å². The predicted molar refractivity (Wildman–Crippen MR) is 140 cm³/mol. The summed E-state index contributed by atoms with van der Waals surface area (Å²) in [5.74, 6) is 0.193. The molecule has 2 aliphatic heterocycles. The summed E-state index contributed by atoms with van der Waals surface area (Å²) in [4.78, 5) is 34.0. The lowest BCUT2D eigenvalue weighted by atomic mass is 9.99. The van der Waals surface area contributed by atoms with E-state index in [0.717, 1.165) is 48.2 Å². The number of fused-ring (bicyclic) bond motifs is 4. The molecule has 7 nitrogen and oxygen atoms in total. The van der Waals surface area contributed by atoms with E-state index in [1.54, 1.807) is 18.6 Å². The zero-order chi connectivity index (χ0) is 25.1. The molecule has 2 fully saturated rings. The molecule has 2 saturated heterocycles. The van der Waals surface area contributed by atoms with E-state index in [-0.39, 0.29) is 11.9 Å². The van der Waals surface area contributed by atoms with Crippen LogP contribution in [0.2, 0.25) is 0 Å². The predicted octanol–water partition coefficient (Wildman–Crippen LogP) is 4.76. The molecule has 1 N–H and O–H groups in total. The van der Waals surface area contributed by atoms with E-state index in [1.165, 1.54) is 6.20 Å². The minimum Gasteiger partial charge on any atom is -0.338 e. The van der Waals surface area contributed by atoms with Gasteiger partial charge in [0, 0.05) is 65.5 Å². The van der Waals surface area contributed by atoms with Gasteiger partial charge in [0.15, 0.2) is 0 Å². The number of aromatic nitrogens is 4. The number of likely N-dealkylation sites (N-methyl/N-ethyl adjacent to an activating group) is 1. The molecule has 0 saturated carbocycles. The highest BCUT2D eigenvalue weighted by atomic mass is 19.1. The SMILES string of the molecule is CN1C[C@@H]2CCN(C(=O)c3ccc(-c4c(F)cnc5[nH]c6cnc(-c7cccnc7)cc6c45)cc3)[C@@H]2C1. The number of hydrogen-bond acceptors (Lipinski definition) is 5. The molecule has 2 aliphatic rings. The highest BCUT2D eigenvalue weighted by Crippen LogP contribution is 2.37. The van der Waals surface area contributed by atoms with Gasteiger partial charge in [-0.05, 0) is 55.3 Å². The van der Waals surface area contributed by atoms with Gasteiger partial charge in [0.25, 0.3) is 5.91 Å². The van der Waals surface area contributed by atoms with Gasteiger partial charge in [-0.2, -0.15) is 0 Å². The number of carbonyl (C=O) groups is 1. The number of carbonyl (C=O) groups excluding carboxylic acids is 1. The molecule has 0 spiro atoms. The Morgan fingerprint density at radius 3 is 2.73 bits per heavy atom. The molecule has 1 amide bonds.